The molecule has 3 heterocycles. The highest BCUT2D eigenvalue weighted by Crippen LogP contribution is 2.41. The first-order valence-electron chi connectivity index (χ1n) is 9.59. The lowest BCUT2D eigenvalue weighted by atomic mass is 9.95. The van der Waals surface area contributed by atoms with Crippen molar-refractivity contribution in [3.63, 3.8) is 0 Å². The Morgan fingerprint density at radius 2 is 2.00 bits per heavy atom. The summed E-state index contributed by atoms with van der Waals surface area (Å²) >= 11 is 0. The lowest BCUT2D eigenvalue weighted by molar-refractivity contribution is -0.686. The average molecular weight is 339 g/mol. The fourth-order valence-corrected chi connectivity index (χ4v) is 3.66. The highest BCUT2D eigenvalue weighted by molar-refractivity contribution is 5.91. The number of pyridine rings is 1. The zero-order valence-corrected chi connectivity index (χ0v) is 13.7. The third kappa shape index (κ3) is 2.05. The topological polar surface area (TPSA) is 40.8 Å². The number of fused-ring (bicyclic) bond motifs is 5. The molecule has 25 heavy (non-hydrogen) atoms. The lowest BCUT2D eigenvalue weighted by Gasteiger charge is -2.17. The van der Waals surface area contributed by atoms with Crippen LogP contribution in [-0.4, -0.2) is 20.9 Å². The molecule has 0 fully saturated rings. The van der Waals surface area contributed by atoms with Crippen LogP contribution in [-0.2, 0) is 13.0 Å². The molecule has 0 saturated heterocycles. The third-order valence-electron chi connectivity index (χ3n) is 4.90. The number of aromatic nitrogens is 1. The minimum absolute atomic E-state index is 0.229. The van der Waals surface area contributed by atoms with Crippen molar-refractivity contribution in [2.45, 2.75) is 13.0 Å². The fourth-order valence-electron chi connectivity index (χ4n) is 3.66. The average Bonchev–Trinajstić information content (AvgIpc) is 3.11. The van der Waals surface area contributed by atoms with Gasteiger partial charge in [0, 0.05) is 12.5 Å². The Morgan fingerprint density at radius 1 is 1.12 bits per heavy atom. The number of aryl methyl sites for hydroxylation is 2. The Labute approximate surface area is 149 Å². The fraction of sp³-hybridized carbons (Fsp3) is 0.250. The number of benzene rings is 2. The molecule has 126 valence electrons. The maximum atomic E-state index is 7.49. The third-order valence-corrected chi connectivity index (χ3v) is 4.90. The molecule has 2 aliphatic rings. The van der Waals surface area contributed by atoms with E-state index in [1.54, 1.807) is 6.07 Å². The van der Waals surface area contributed by atoms with Gasteiger partial charge in [0.1, 0.15) is 0 Å². The van der Waals surface area contributed by atoms with Gasteiger partial charge in [-0.25, -0.2) is 0 Å². The smallest absolute Gasteiger partial charge is 0.231 e. The highest BCUT2D eigenvalue weighted by atomic mass is 16.7. The van der Waals surface area contributed by atoms with E-state index in [0.717, 1.165) is 41.1 Å². The van der Waals surface area contributed by atoms with Crippen molar-refractivity contribution >= 4 is 10.8 Å². The molecule has 0 aliphatic carbocycles. The molecule has 0 amide bonds. The van der Waals surface area contributed by atoms with Crippen molar-refractivity contribution < 1.29 is 27.6 Å². The largest absolute Gasteiger partial charge is 0.493 e. The van der Waals surface area contributed by atoms with Crippen molar-refractivity contribution in [3.05, 3.63) is 42.1 Å². The van der Waals surface area contributed by atoms with Crippen LogP contribution in [0.15, 0.2) is 36.5 Å². The van der Waals surface area contributed by atoms with Crippen LogP contribution in [0.3, 0.4) is 0 Å². The molecular formula is C20H18NO4+. The second-order valence-electron chi connectivity index (χ2n) is 6.17. The molecule has 0 radical (unpaired) electrons. The van der Waals surface area contributed by atoms with E-state index in [4.69, 9.17) is 23.1 Å². The van der Waals surface area contributed by atoms with Gasteiger partial charge in [-0.1, -0.05) is 0 Å². The summed E-state index contributed by atoms with van der Waals surface area (Å²) in [5, 5.41) is 1.57. The van der Waals surface area contributed by atoms with Crippen LogP contribution in [0, 0.1) is 0 Å². The predicted molar refractivity (Wildman–Crippen MR) is 92.5 cm³/mol. The Kier molecular flexibility index (Phi) is 2.44. The first kappa shape index (κ1) is 11.6. The van der Waals surface area contributed by atoms with E-state index < -0.39 is 7.04 Å². The van der Waals surface area contributed by atoms with Gasteiger partial charge >= 0.3 is 0 Å². The number of ether oxygens (including phenoxy) is 4. The van der Waals surface area contributed by atoms with Crippen molar-refractivity contribution in [1.29, 1.82) is 0 Å². The van der Waals surface area contributed by atoms with Crippen LogP contribution in [0.1, 0.15) is 9.68 Å². The molecular weight excluding hydrogens is 318 g/mol. The minimum atomic E-state index is -2.56. The monoisotopic (exact) mass is 339 g/mol. The number of rotatable bonds is 2. The Morgan fingerprint density at radius 3 is 2.84 bits per heavy atom. The van der Waals surface area contributed by atoms with Gasteiger partial charge < -0.3 is 18.9 Å². The summed E-state index contributed by atoms with van der Waals surface area (Å²) in [7, 11) is -1.06. The quantitative estimate of drug-likeness (QED) is 0.673. The molecule has 0 bridgehead atoms. The van der Waals surface area contributed by atoms with Crippen LogP contribution in [0.2, 0.25) is 0 Å². The molecule has 0 spiro atoms. The molecule has 1 aromatic heterocycles. The van der Waals surface area contributed by atoms with Crippen molar-refractivity contribution in [2.75, 3.05) is 20.9 Å². The highest BCUT2D eigenvalue weighted by Gasteiger charge is 2.28. The molecule has 2 aromatic carbocycles. The summed E-state index contributed by atoms with van der Waals surface area (Å²) in [6.45, 7) is 1.01. The standard InChI is InChI=1S/C20H18NO4/c1-22-17-4-3-12-7-16-14-9-19-18(24-11-25-19)8-13(14)5-6-21(16)10-15(12)20(17)23-2/h3-4,7-10H,5-6,11H2,1-2H3/q+1/i2D3. The molecule has 5 rings (SSSR count). The van der Waals surface area contributed by atoms with E-state index in [-0.39, 0.29) is 12.5 Å². The molecule has 5 nitrogen and oxygen atoms in total. The molecule has 0 unspecified atom stereocenters. The zero-order valence-electron chi connectivity index (χ0n) is 16.7. The lowest BCUT2D eigenvalue weighted by Crippen LogP contribution is -2.40. The van der Waals surface area contributed by atoms with Crippen LogP contribution in [0.4, 0.5) is 0 Å². The summed E-state index contributed by atoms with van der Waals surface area (Å²) in [6, 6.07) is 9.73. The van der Waals surface area contributed by atoms with Gasteiger partial charge in [0.05, 0.1) is 29.2 Å². The first-order chi connectivity index (χ1) is 13.4. The van der Waals surface area contributed by atoms with Crippen molar-refractivity contribution in [3.8, 4) is 34.3 Å². The van der Waals surface area contributed by atoms with E-state index in [9.17, 15) is 0 Å². The number of nitrogens with zero attached hydrogens (tertiary/aromatic N) is 1. The number of hydrogen-bond donors (Lipinski definition) is 0. The Bertz CT molecular complexity index is 1110. The van der Waals surface area contributed by atoms with E-state index >= 15 is 0 Å². The van der Waals surface area contributed by atoms with E-state index in [2.05, 4.69) is 4.57 Å². The summed E-state index contributed by atoms with van der Waals surface area (Å²) < 4.78 is 46.3. The second-order valence-corrected chi connectivity index (χ2v) is 6.17. The summed E-state index contributed by atoms with van der Waals surface area (Å²) in [5.41, 5.74) is 3.33. The number of methoxy groups -OCH3 is 2. The summed E-state index contributed by atoms with van der Waals surface area (Å²) in [5.74, 6) is 2.15. The second kappa shape index (κ2) is 5.28. The maximum absolute atomic E-state index is 7.49. The van der Waals surface area contributed by atoms with Crippen LogP contribution in [0.5, 0.6) is 23.0 Å². The molecule has 0 N–H and O–H groups in total. The van der Waals surface area contributed by atoms with Gasteiger partial charge in [-0.15, -0.1) is 0 Å². The Balaban J connectivity index is 1.71. The van der Waals surface area contributed by atoms with Gasteiger partial charge in [-0.2, -0.15) is 4.57 Å². The molecule has 0 saturated carbocycles. The van der Waals surface area contributed by atoms with E-state index in [1.165, 1.54) is 12.7 Å². The van der Waals surface area contributed by atoms with Crippen molar-refractivity contribution in [2.24, 2.45) is 0 Å². The molecule has 3 aromatic rings. The van der Waals surface area contributed by atoms with Gasteiger partial charge in [-0.05, 0) is 35.2 Å². The van der Waals surface area contributed by atoms with Crippen LogP contribution >= 0.6 is 0 Å². The van der Waals surface area contributed by atoms with Gasteiger partial charge in [0.2, 0.25) is 12.5 Å². The summed E-state index contributed by atoms with van der Waals surface area (Å²) in [6.07, 6.45) is 2.77. The van der Waals surface area contributed by atoms with E-state index in [1.807, 2.05) is 30.5 Å². The first-order valence-corrected chi connectivity index (χ1v) is 8.09. The van der Waals surface area contributed by atoms with Crippen LogP contribution < -0.4 is 23.5 Å². The van der Waals surface area contributed by atoms with Gasteiger partial charge in [0.25, 0.3) is 0 Å². The zero-order chi connectivity index (χ0) is 19.5. The summed E-state index contributed by atoms with van der Waals surface area (Å²) in [4.78, 5) is 0. The van der Waals surface area contributed by atoms with Gasteiger partial charge in [0.15, 0.2) is 35.7 Å². The maximum Gasteiger partial charge on any atom is 0.231 e. The Hall–Kier alpha value is -2.95. The van der Waals surface area contributed by atoms with E-state index in [0.29, 0.717) is 11.1 Å². The number of hydrogen-bond acceptors (Lipinski definition) is 4. The predicted octanol–water partition coefficient (Wildman–Crippen LogP) is 3.10. The van der Waals surface area contributed by atoms with Crippen LogP contribution in [0.25, 0.3) is 22.0 Å². The SMILES string of the molecule is [2H]C([2H])([2H])Oc1c(OC)ccc2cc3[n+](cc12)CCc1cc2c(cc1-3)OCO2. The minimum Gasteiger partial charge on any atom is -0.493 e. The van der Waals surface area contributed by atoms with Gasteiger partial charge in [-0.3, -0.25) is 0 Å². The molecule has 5 heteroatoms. The molecule has 2 aliphatic heterocycles. The normalized spacial score (nSPS) is 16.4. The van der Waals surface area contributed by atoms with Crippen molar-refractivity contribution in [1.82, 2.24) is 0 Å². The molecule has 0 atom stereocenters.